The standard InChI is InChI=1S/C30H26Cl2N2O6/c1-39-30(38)20-10-8-18(14-25(20)35)34-24-11-9-19(13-17(24)7-12-26(34)36)40-15-21(29(37)16-5-6-16)28(33)27-22(31)3-2-4-23(27)32/h2-4,8-11,13-14,16,33,35,37H,5-7,12,15H2,1H3/b29-21-,33-28?. The molecule has 1 aliphatic carbocycles. The van der Waals surface area contributed by atoms with Crippen LogP contribution in [0.4, 0.5) is 11.4 Å². The first kappa shape index (κ1) is 27.6. The number of phenols is 1. The summed E-state index contributed by atoms with van der Waals surface area (Å²) in [5.74, 6) is -0.550. The van der Waals surface area contributed by atoms with E-state index in [1.807, 2.05) is 6.07 Å². The van der Waals surface area contributed by atoms with Gasteiger partial charge in [0, 0.05) is 24.0 Å². The van der Waals surface area contributed by atoms with E-state index in [4.69, 9.17) is 33.3 Å². The van der Waals surface area contributed by atoms with E-state index >= 15 is 0 Å². The van der Waals surface area contributed by atoms with Crippen LogP contribution < -0.4 is 9.64 Å². The second-order valence-corrected chi connectivity index (χ2v) is 10.4. The molecule has 0 saturated heterocycles. The number of carbonyl (C=O) groups excluding carboxylic acids is 2. The highest BCUT2D eigenvalue weighted by Gasteiger charge is 2.31. The number of aromatic hydroxyl groups is 1. The number of carbonyl (C=O) groups is 2. The SMILES string of the molecule is COC(=O)c1ccc(N2C(=O)CCc3cc(OC/C(C(=N)c4c(Cl)cccc4Cl)=C(/O)C4CC4)ccc32)cc1O. The number of aryl methyl sites for hydroxylation is 1. The zero-order chi connectivity index (χ0) is 28.6. The summed E-state index contributed by atoms with van der Waals surface area (Å²) in [5.41, 5.74) is 2.53. The lowest BCUT2D eigenvalue weighted by atomic mass is 9.99. The Morgan fingerprint density at radius 3 is 2.45 bits per heavy atom. The third-order valence-electron chi connectivity index (χ3n) is 6.97. The van der Waals surface area contributed by atoms with Crippen molar-refractivity contribution in [3.05, 3.63) is 92.7 Å². The molecule has 3 aromatic carbocycles. The van der Waals surface area contributed by atoms with Crippen LogP contribution in [0.2, 0.25) is 10.0 Å². The van der Waals surface area contributed by atoms with Gasteiger partial charge in [-0.15, -0.1) is 0 Å². The third kappa shape index (κ3) is 5.37. The number of rotatable bonds is 8. The molecule has 1 saturated carbocycles. The number of esters is 1. The predicted octanol–water partition coefficient (Wildman–Crippen LogP) is 6.77. The Labute approximate surface area is 240 Å². The van der Waals surface area contributed by atoms with Crippen LogP contribution in [-0.2, 0) is 16.0 Å². The minimum atomic E-state index is -0.678. The maximum Gasteiger partial charge on any atom is 0.341 e. The minimum Gasteiger partial charge on any atom is -0.512 e. The van der Waals surface area contributed by atoms with E-state index in [1.165, 1.54) is 24.1 Å². The van der Waals surface area contributed by atoms with E-state index in [0.29, 0.717) is 44.7 Å². The number of allylic oxidation sites excluding steroid dienone is 1. The molecule has 2 aliphatic rings. The van der Waals surface area contributed by atoms with E-state index in [9.17, 15) is 19.8 Å². The van der Waals surface area contributed by atoms with Crippen molar-refractivity contribution in [1.29, 1.82) is 5.41 Å². The molecule has 1 aliphatic heterocycles. The molecule has 0 aromatic heterocycles. The number of benzene rings is 3. The van der Waals surface area contributed by atoms with Gasteiger partial charge in [0.05, 0.1) is 39.8 Å². The molecule has 0 atom stereocenters. The van der Waals surface area contributed by atoms with E-state index in [-0.39, 0.29) is 47.6 Å². The van der Waals surface area contributed by atoms with E-state index < -0.39 is 5.97 Å². The highest BCUT2D eigenvalue weighted by atomic mass is 35.5. The van der Waals surface area contributed by atoms with Crippen LogP contribution in [0, 0.1) is 11.3 Å². The lowest BCUT2D eigenvalue weighted by Gasteiger charge is -2.30. The Kier molecular flexibility index (Phi) is 7.74. The van der Waals surface area contributed by atoms with E-state index in [0.717, 1.165) is 18.4 Å². The first-order chi connectivity index (χ1) is 19.2. The van der Waals surface area contributed by atoms with Crippen LogP contribution in [0.5, 0.6) is 11.5 Å². The van der Waals surface area contributed by atoms with Crippen molar-refractivity contribution >= 4 is 52.2 Å². The van der Waals surface area contributed by atoms with Gasteiger partial charge < -0.3 is 19.7 Å². The lowest BCUT2D eigenvalue weighted by Crippen LogP contribution is -2.30. The smallest absolute Gasteiger partial charge is 0.341 e. The average molecular weight is 581 g/mol. The quantitative estimate of drug-likeness (QED) is 0.154. The molecule has 1 fully saturated rings. The van der Waals surface area contributed by atoms with Crippen molar-refractivity contribution in [2.75, 3.05) is 18.6 Å². The average Bonchev–Trinajstić information content (AvgIpc) is 3.78. The van der Waals surface area contributed by atoms with Crippen LogP contribution in [-0.4, -0.2) is 41.5 Å². The van der Waals surface area contributed by atoms with Gasteiger partial charge in [-0.1, -0.05) is 29.3 Å². The van der Waals surface area contributed by atoms with Crippen molar-refractivity contribution in [2.45, 2.75) is 25.7 Å². The molecule has 0 unspecified atom stereocenters. The van der Waals surface area contributed by atoms with Crippen LogP contribution in [0.15, 0.2) is 65.9 Å². The number of fused-ring (bicyclic) bond motifs is 1. The summed E-state index contributed by atoms with van der Waals surface area (Å²) in [5, 5.41) is 30.7. The summed E-state index contributed by atoms with van der Waals surface area (Å²) >= 11 is 12.7. The molecule has 3 aromatic rings. The molecule has 40 heavy (non-hydrogen) atoms. The molecule has 10 heteroatoms. The zero-order valence-electron chi connectivity index (χ0n) is 21.5. The Morgan fingerprint density at radius 1 is 1.07 bits per heavy atom. The number of nitrogens with zero attached hydrogens (tertiary/aromatic N) is 1. The normalized spacial score (nSPS) is 15.3. The number of aliphatic hydroxyl groups is 1. The molecule has 1 heterocycles. The lowest BCUT2D eigenvalue weighted by molar-refractivity contribution is -0.118. The van der Waals surface area contributed by atoms with Crippen LogP contribution in [0.25, 0.3) is 0 Å². The first-order valence-corrected chi connectivity index (χ1v) is 13.4. The van der Waals surface area contributed by atoms with Gasteiger partial charge in [0.2, 0.25) is 5.91 Å². The number of phenolic OH excluding ortho intramolecular Hbond substituents is 1. The fraction of sp³-hybridized carbons (Fsp3) is 0.233. The largest absolute Gasteiger partial charge is 0.512 e. The van der Waals surface area contributed by atoms with Crippen LogP contribution in [0.3, 0.4) is 0 Å². The fourth-order valence-electron chi connectivity index (χ4n) is 4.70. The van der Waals surface area contributed by atoms with Gasteiger partial charge in [0.25, 0.3) is 0 Å². The second-order valence-electron chi connectivity index (χ2n) is 9.61. The Hall–Kier alpha value is -4.01. The molecular formula is C30H26Cl2N2O6. The van der Waals surface area contributed by atoms with Gasteiger partial charge in [-0.25, -0.2) is 4.79 Å². The number of halogens is 2. The predicted molar refractivity (Wildman–Crippen MR) is 153 cm³/mol. The van der Waals surface area contributed by atoms with Gasteiger partial charge in [0.15, 0.2) is 0 Å². The van der Waals surface area contributed by atoms with Crippen LogP contribution in [0.1, 0.15) is 40.7 Å². The second kappa shape index (κ2) is 11.2. The van der Waals surface area contributed by atoms with Gasteiger partial charge >= 0.3 is 5.97 Å². The Balaban J connectivity index is 1.41. The number of anilines is 2. The van der Waals surface area contributed by atoms with Gasteiger partial charge in [-0.2, -0.15) is 0 Å². The number of amides is 1. The Morgan fingerprint density at radius 2 is 1.80 bits per heavy atom. The molecule has 0 bridgehead atoms. The molecule has 3 N–H and O–H groups in total. The van der Waals surface area contributed by atoms with Crippen molar-refractivity contribution in [3.8, 4) is 11.5 Å². The molecule has 5 rings (SSSR count). The van der Waals surface area contributed by atoms with Crippen molar-refractivity contribution < 1.29 is 29.3 Å². The molecular weight excluding hydrogens is 555 g/mol. The number of methoxy groups -OCH3 is 1. The monoisotopic (exact) mass is 580 g/mol. The summed E-state index contributed by atoms with van der Waals surface area (Å²) < 4.78 is 10.7. The number of hydrogen-bond acceptors (Lipinski definition) is 7. The fourth-order valence-corrected chi connectivity index (χ4v) is 5.29. The molecule has 206 valence electrons. The summed E-state index contributed by atoms with van der Waals surface area (Å²) in [6.07, 6.45) is 2.38. The first-order valence-electron chi connectivity index (χ1n) is 12.6. The molecule has 0 spiro atoms. The third-order valence-corrected chi connectivity index (χ3v) is 7.60. The van der Waals surface area contributed by atoms with Gasteiger partial charge in [-0.3, -0.25) is 15.1 Å². The summed E-state index contributed by atoms with van der Waals surface area (Å²) in [7, 11) is 1.22. The summed E-state index contributed by atoms with van der Waals surface area (Å²) in [6, 6.07) is 14.6. The number of aliphatic hydroxyl groups excluding tert-OH is 1. The minimum absolute atomic E-state index is 0.00151. The van der Waals surface area contributed by atoms with E-state index in [2.05, 4.69) is 4.74 Å². The van der Waals surface area contributed by atoms with Crippen LogP contribution >= 0.6 is 23.2 Å². The number of ether oxygens (including phenoxy) is 2. The maximum absolute atomic E-state index is 12.9. The zero-order valence-corrected chi connectivity index (χ0v) is 23.1. The number of hydrogen-bond donors (Lipinski definition) is 3. The highest BCUT2D eigenvalue weighted by molar-refractivity contribution is 6.41. The maximum atomic E-state index is 12.9. The van der Waals surface area contributed by atoms with Crippen molar-refractivity contribution in [1.82, 2.24) is 0 Å². The number of nitrogens with one attached hydrogen (secondary N) is 1. The van der Waals surface area contributed by atoms with Gasteiger partial charge in [-0.05, 0) is 67.3 Å². The molecule has 0 radical (unpaired) electrons. The summed E-state index contributed by atoms with van der Waals surface area (Å²) in [6.45, 7) is -0.0764. The summed E-state index contributed by atoms with van der Waals surface area (Å²) in [4.78, 5) is 26.2. The van der Waals surface area contributed by atoms with Crippen molar-refractivity contribution in [2.24, 2.45) is 5.92 Å². The topological polar surface area (TPSA) is 120 Å². The van der Waals surface area contributed by atoms with Crippen molar-refractivity contribution in [3.63, 3.8) is 0 Å². The highest BCUT2D eigenvalue weighted by Crippen LogP contribution is 2.40. The van der Waals surface area contributed by atoms with Gasteiger partial charge in [0.1, 0.15) is 29.4 Å². The van der Waals surface area contributed by atoms with E-state index in [1.54, 1.807) is 36.4 Å². The molecule has 8 nitrogen and oxygen atoms in total. The molecule has 1 amide bonds. The Bertz CT molecular complexity index is 1540.